The second-order valence-corrected chi connectivity index (χ2v) is 7.55. The van der Waals surface area contributed by atoms with Gasteiger partial charge in [-0.1, -0.05) is 6.92 Å². The molecule has 0 amide bonds. The van der Waals surface area contributed by atoms with Crippen LogP contribution in [-0.4, -0.2) is 17.3 Å². The maximum Gasteiger partial charge on any atom is 0.151 e. The Bertz CT molecular complexity index is 715. The maximum atomic E-state index is 12.6. The smallest absolute Gasteiger partial charge is 0.151 e. The first-order valence-electron chi connectivity index (χ1n) is 9.02. The third kappa shape index (κ3) is 3.59. The highest BCUT2D eigenvalue weighted by Crippen LogP contribution is 2.39. The van der Waals surface area contributed by atoms with Crippen LogP contribution in [0.1, 0.15) is 71.9 Å². The highest BCUT2D eigenvalue weighted by molar-refractivity contribution is 7.79. The zero-order valence-electron chi connectivity index (χ0n) is 15.9. The normalized spacial score (nSPS) is 20.9. The lowest BCUT2D eigenvalue weighted by Crippen LogP contribution is -2.38. The largest absolute Gasteiger partial charge is 0.298 e. The third-order valence-electron chi connectivity index (χ3n) is 5.79. The van der Waals surface area contributed by atoms with Crippen LogP contribution in [0.2, 0.25) is 0 Å². The molecule has 0 atom stereocenters. The number of rotatable bonds is 5. The fraction of sp³-hybridized carbons (Fsp3) is 0.571. The number of benzene rings is 1. The highest BCUT2D eigenvalue weighted by Gasteiger charge is 2.41. The topological polar surface area (TPSA) is 51.2 Å². The molecule has 2 rings (SSSR count). The summed E-state index contributed by atoms with van der Waals surface area (Å²) in [7, 11) is 0. The monoisotopic (exact) mass is 360 g/mol. The van der Waals surface area contributed by atoms with Crippen molar-refractivity contribution in [2.75, 3.05) is 0 Å². The Labute approximate surface area is 156 Å². The van der Waals surface area contributed by atoms with Crippen LogP contribution in [0.5, 0.6) is 0 Å². The van der Waals surface area contributed by atoms with E-state index < -0.39 is 5.92 Å². The van der Waals surface area contributed by atoms with Gasteiger partial charge in [0.05, 0.1) is 0 Å². The van der Waals surface area contributed by atoms with Crippen molar-refractivity contribution >= 4 is 30.0 Å². The van der Waals surface area contributed by atoms with Gasteiger partial charge < -0.3 is 0 Å². The van der Waals surface area contributed by atoms with Crippen LogP contribution < -0.4 is 0 Å². The van der Waals surface area contributed by atoms with E-state index in [0.717, 1.165) is 16.7 Å². The van der Waals surface area contributed by atoms with Gasteiger partial charge in [-0.05, 0) is 73.4 Å². The first kappa shape index (κ1) is 19.9. The Morgan fingerprint density at radius 3 is 1.96 bits per heavy atom. The standard InChI is InChI=1S/C21H28O3S/c1-6-7-17(22)21-18(23)8-15(9-19(21)24)20-14(5)12(3)11(2)13(4)16(20)10-25/h15,21,25H,6-10H2,1-5H3. The van der Waals surface area contributed by atoms with Crippen molar-refractivity contribution in [3.8, 4) is 0 Å². The highest BCUT2D eigenvalue weighted by atomic mass is 32.1. The van der Waals surface area contributed by atoms with Crippen molar-refractivity contribution in [3.63, 3.8) is 0 Å². The Kier molecular flexibility index (Phi) is 6.26. The average molecular weight is 361 g/mol. The molecule has 1 fully saturated rings. The van der Waals surface area contributed by atoms with Gasteiger partial charge in [0.15, 0.2) is 17.3 Å². The zero-order valence-corrected chi connectivity index (χ0v) is 16.8. The Hall–Kier alpha value is -1.42. The predicted molar refractivity (Wildman–Crippen MR) is 103 cm³/mol. The summed E-state index contributed by atoms with van der Waals surface area (Å²) in [6.07, 6.45) is 1.51. The number of carbonyl (C=O) groups excluding carboxylic acids is 3. The summed E-state index contributed by atoms with van der Waals surface area (Å²) in [6, 6.07) is 0. The van der Waals surface area contributed by atoms with Gasteiger partial charge in [-0.3, -0.25) is 14.4 Å². The number of Topliss-reactive ketones (excluding diaryl/α,β-unsaturated/α-hetero) is 3. The van der Waals surface area contributed by atoms with Gasteiger partial charge in [0.25, 0.3) is 0 Å². The SMILES string of the molecule is CCCC(=O)C1C(=O)CC(c2c(C)c(C)c(C)c(C)c2CS)CC1=O. The van der Waals surface area contributed by atoms with E-state index in [1.54, 1.807) is 0 Å². The molecule has 0 heterocycles. The minimum Gasteiger partial charge on any atom is -0.298 e. The third-order valence-corrected chi connectivity index (χ3v) is 6.11. The van der Waals surface area contributed by atoms with Gasteiger partial charge in [-0.15, -0.1) is 0 Å². The minimum absolute atomic E-state index is 0.133. The van der Waals surface area contributed by atoms with E-state index in [9.17, 15) is 14.4 Å². The van der Waals surface area contributed by atoms with E-state index in [2.05, 4.69) is 40.3 Å². The average Bonchev–Trinajstić information content (AvgIpc) is 2.55. The van der Waals surface area contributed by atoms with Crippen molar-refractivity contribution in [1.82, 2.24) is 0 Å². The fourth-order valence-corrected chi connectivity index (χ4v) is 4.51. The molecule has 3 nitrogen and oxygen atoms in total. The summed E-state index contributed by atoms with van der Waals surface area (Å²) in [4.78, 5) is 37.3. The molecule has 0 aromatic heterocycles. The van der Waals surface area contributed by atoms with Crippen molar-refractivity contribution in [3.05, 3.63) is 33.4 Å². The number of hydrogen-bond acceptors (Lipinski definition) is 4. The van der Waals surface area contributed by atoms with Crippen molar-refractivity contribution in [2.45, 2.75) is 72.0 Å². The first-order chi connectivity index (χ1) is 11.7. The number of hydrogen-bond donors (Lipinski definition) is 1. The van der Waals surface area contributed by atoms with Crippen LogP contribution in [-0.2, 0) is 20.1 Å². The summed E-state index contributed by atoms with van der Waals surface area (Å²) in [6.45, 7) is 10.2. The molecule has 1 aromatic carbocycles. The molecule has 1 aromatic rings. The summed E-state index contributed by atoms with van der Waals surface area (Å²) in [5, 5.41) is 0. The quantitative estimate of drug-likeness (QED) is 0.627. The second-order valence-electron chi connectivity index (χ2n) is 7.24. The predicted octanol–water partition coefficient (Wildman–Crippen LogP) is 4.35. The van der Waals surface area contributed by atoms with Gasteiger partial charge >= 0.3 is 0 Å². The number of ketones is 3. The van der Waals surface area contributed by atoms with Crippen LogP contribution in [0, 0.1) is 33.6 Å². The summed E-state index contributed by atoms with van der Waals surface area (Å²) in [5.41, 5.74) is 7.02. The van der Waals surface area contributed by atoms with Crippen molar-refractivity contribution < 1.29 is 14.4 Å². The van der Waals surface area contributed by atoms with Gasteiger partial charge in [-0.25, -0.2) is 0 Å². The lowest BCUT2D eigenvalue weighted by atomic mass is 9.71. The van der Waals surface area contributed by atoms with Gasteiger partial charge in [0, 0.05) is 25.0 Å². The molecule has 0 spiro atoms. The Balaban J connectivity index is 2.44. The number of thiol groups is 1. The molecular formula is C21H28O3S. The zero-order chi connectivity index (χ0) is 18.9. The molecule has 1 saturated carbocycles. The maximum absolute atomic E-state index is 12.6. The summed E-state index contributed by atoms with van der Waals surface area (Å²) >= 11 is 4.50. The molecule has 1 aliphatic carbocycles. The molecular weight excluding hydrogens is 332 g/mol. The molecule has 25 heavy (non-hydrogen) atoms. The van der Waals surface area contributed by atoms with E-state index in [1.165, 1.54) is 16.7 Å². The van der Waals surface area contributed by atoms with Crippen LogP contribution in [0.25, 0.3) is 0 Å². The Morgan fingerprint density at radius 2 is 1.48 bits per heavy atom. The van der Waals surface area contributed by atoms with E-state index in [4.69, 9.17) is 0 Å². The van der Waals surface area contributed by atoms with Crippen LogP contribution in [0.15, 0.2) is 0 Å². The van der Waals surface area contributed by atoms with E-state index in [1.807, 2.05) is 6.92 Å². The van der Waals surface area contributed by atoms with Gasteiger partial charge in [0.2, 0.25) is 0 Å². The van der Waals surface area contributed by atoms with Crippen LogP contribution in [0.4, 0.5) is 0 Å². The van der Waals surface area contributed by atoms with E-state index >= 15 is 0 Å². The van der Waals surface area contributed by atoms with Crippen LogP contribution >= 0.6 is 12.6 Å². The number of carbonyl (C=O) groups is 3. The summed E-state index contributed by atoms with van der Waals surface area (Å²) in [5.74, 6) is -1.20. The molecule has 0 N–H and O–H groups in total. The summed E-state index contributed by atoms with van der Waals surface area (Å²) < 4.78 is 0. The Morgan fingerprint density at radius 1 is 0.960 bits per heavy atom. The fourth-order valence-electron chi connectivity index (χ4n) is 4.10. The molecule has 0 unspecified atom stereocenters. The first-order valence-corrected chi connectivity index (χ1v) is 9.65. The van der Waals surface area contributed by atoms with Crippen LogP contribution in [0.3, 0.4) is 0 Å². The molecule has 4 heteroatoms. The molecule has 1 aliphatic rings. The van der Waals surface area contributed by atoms with E-state index in [-0.39, 0.29) is 36.1 Å². The molecule has 0 bridgehead atoms. The minimum atomic E-state index is -1.02. The molecule has 0 aliphatic heterocycles. The second kappa shape index (κ2) is 7.86. The van der Waals surface area contributed by atoms with Gasteiger partial charge in [0.1, 0.15) is 5.92 Å². The van der Waals surface area contributed by atoms with E-state index in [0.29, 0.717) is 18.6 Å². The van der Waals surface area contributed by atoms with Crippen molar-refractivity contribution in [1.29, 1.82) is 0 Å². The lowest BCUT2D eigenvalue weighted by Gasteiger charge is -2.30. The molecule has 0 radical (unpaired) electrons. The molecule has 0 saturated heterocycles. The van der Waals surface area contributed by atoms with Crippen molar-refractivity contribution in [2.24, 2.45) is 5.92 Å². The van der Waals surface area contributed by atoms with Gasteiger partial charge in [-0.2, -0.15) is 12.6 Å². The molecule has 136 valence electrons. The lowest BCUT2D eigenvalue weighted by molar-refractivity contribution is -0.142.